The van der Waals surface area contributed by atoms with Gasteiger partial charge >= 0.3 is 0 Å². The number of nitrogens with one attached hydrogen (secondary N) is 2. The molecule has 0 bridgehead atoms. The normalized spacial score (nSPS) is 10.7. The van der Waals surface area contributed by atoms with Gasteiger partial charge < -0.3 is 10.3 Å². The summed E-state index contributed by atoms with van der Waals surface area (Å²) in [5, 5.41) is 3.98. The molecule has 0 unspecified atom stereocenters. The Hall–Kier alpha value is -2.07. The lowest BCUT2D eigenvalue weighted by Crippen LogP contribution is -2.00. The number of imidazole rings is 1. The van der Waals surface area contributed by atoms with Crippen molar-refractivity contribution in [2.45, 2.75) is 6.54 Å². The number of pyridine rings is 1. The molecule has 5 heteroatoms. The largest absolute Gasteiger partial charge is 0.378 e. The minimum Gasteiger partial charge on any atom is -0.378 e. The predicted molar refractivity (Wildman–Crippen MR) is 72.7 cm³/mol. The van der Waals surface area contributed by atoms with E-state index in [0.717, 1.165) is 22.5 Å². The highest BCUT2D eigenvalue weighted by Crippen LogP contribution is 2.16. The standard InChI is InChI=1S/C13H11ClN4/c14-9-2-1-3-10(6-9)16-8-13-17-11-4-5-15-7-12(11)18-13/h1-7,16H,8H2,(H,17,18). The molecule has 2 N–H and O–H groups in total. The van der Waals surface area contributed by atoms with E-state index in [1.54, 1.807) is 12.4 Å². The number of nitrogens with zero attached hydrogens (tertiary/aromatic N) is 2. The van der Waals surface area contributed by atoms with Gasteiger partial charge in [0.2, 0.25) is 0 Å². The fraction of sp³-hybridized carbons (Fsp3) is 0.0769. The Kier molecular flexibility index (Phi) is 2.86. The number of hydrogen-bond donors (Lipinski definition) is 2. The molecule has 0 atom stereocenters. The summed E-state index contributed by atoms with van der Waals surface area (Å²) in [5.74, 6) is 0.873. The Morgan fingerprint density at radius 3 is 3.06 bits per heavy atom. The van der Waals surface area contributed by atoms with Gasteiger partial charge in [-0.2, -0.15) is 0 Å². The molecule has 3 aromatic rings. The van der Waals surface area contributed by atoms with E-state index in [4.69, 9.17) is 11.6 Å². The molecule has 0 spiro atoms. The first-order valence-electron chi connectivity index (χ1n) is 5.59. The Balaban J connectivity index is 1.76. The summed E-state index contributed by atoms with van der Waals surface area (Å²) in [6.07, 6.45) is 3.50. The maximum absolute atomic E-state index is 5.92. The summed E-state index contributed by atoms with van der Waals surface area (Å²) < 4.78 is 0. The van der Waals surface area contributed by atoms with Gasteiger partial charge in [-0.25, -0.2) is 4.98 Å². The zero-order valence-corrected chi connectivity index (χ0v) is 10.3. The third-order valence-electron chi connectivity index (χ3n) is 2.62. The number of rotatable bonds is 3. The second-order valence-electron chi connectivity index (χ2n) is 3.94. The lowest BCUT2D eigenvalue weighted by molar-refractivity contribution is 1.01. The van der Waals surface area contributed by atoms with Gasteiger partial charge in [0.1, 0.15) is 5.82 Å². The minimum absolute atomic E-state index is 0.620. The van der Waals surface area contributed by atoms with Crippen molar-refractivity contribution in [2.75, 3.05) is 5.32 Å². The summed E-state index contributed by atoms with van der Waals surface area (Å²) in [4.78, 5) is 11.7. The van der Waals surface area contributed by atoms with Crippen molar-refractivity contribution in [3.8, 4) is 0 Å². The van der Waals surface area contributed by atoms with E-state index in [2.05, 4.69) is 20.3 Å². The molecule has 0 aliphatic rings. The number of fused-ring (bicyclic) bond motifs is 1. The van der Waals surface area contributed by atoms with Gasteiger partial charge in [0, 0.05) is 16.9 Å². The Labute approximate surface area is 109 Å². The van der Waals surface area contributed by atoms with E-state index in [0.29, 0.717) is 11.6 Å². The monoisotopic (exact) mass is 258 g/mol. The van der Waals surface area contributed by atoms with E-state index >= 15 is 0 Å². The van der Waals surface area contributed by atoms with Crippen LogP contribution < -0.4 is 5.32 Å². The second-order valence-corrected chi connectivity index (χ2v) is 4.38. The van der Waals surface area contributed by atoms with Crippen molar-refractivity contribution in [2.24, 2.45) is 0 Å². The van der Waals surface area contributed by atoms with Gasteiger partial charge in [-0.15, -0.1) is 0 Å². The molecule has 0 radical (unpaired) electrons. The summed E-state index contributed by atoms with van der Waals surface area (Å²) in [7, 11) is 0. The molecule has 2 heterocycles. The molecular weight excluding hydrogens is 248 g/mol. The van der Waals surface area contributed by atoms with Crippen LogP contribution in [0, 0.1) is 0 Å². The van der Waals surface area contributed by atoms with Crippen LogP contribution in [0.5, 0.6) is 0 Å². The maximum Gasteiger partial charge on any atom is 0.126 e. The Bertz CT molecular complexity index is 644. The van der Waals surface area contributed by atoms with E-state index in [1.165, 1.54) is 0 Å². The highest BCUT2D eigenvalue weighted by molar-refractivity contribution is 6.30. The van der Waals surface area contributed by atoms with Crippen molar-refractivity contribution in [1.29, 1.82) is 0 Å². The van der Waals surface area contributed by atoms with Crippen LogP contribution in [-0.2, 0) is 6.54 Å². The van der Waals surface area contributed by atoms with Crippen molar-refractivity contribution in [3.05, 3.63) is 53.6 Å². The number of hydrogen-bond acceptors (Lipinski definition) is 3. The van der Waals surface area contributed by atoms with E-state index in [-0.39, 0.29) is 0 Å². The molecule has 1 aromatic carbocycles. The van der Waals surface area contributed by atoms with Crippen LogP contribution >= 0.6 is 11.6 Å². The summed E-state index contributed by atoms with van der Waals surface area (Å²) in [6, 6.07) is 9.49. The lowest BCUT2D eigenvalue weighted by atomic mass is 10.3. The Morgan fingerprint density at radius 2 is 2.22 bits per heavy atom. The number of benzene rings is 1. The number of aromatic amines is 1. The highest BCUT2D eigenvalue weighted by atomic mass is 35.5. The van der Waals surface area contributed by atoms with Gasteiger partial charge in [-0.1, -0.05) is 17.7 Å². The fourth-order valence-corrected chi connectivity index (χ4v) is 1.97. The van der Waals surface area contributed by atoms with E-state index < -0.39 is 0 Å². The number of H-pyrrole nitrogens is 1. The van der Waals surface area contributed by atoms with Gasteiger partial charge in [0.25, 0.3) is 0 Å². The zero-order chi connectivity index (χ0) is 12.4. The molecule has 18 heavy (non-hydrogen) atoms. The van der Waals surface area contributed by atoms with Crippen molar-refractivity contribution >= 4 is 28.3 Å². The fourth-order valence-electron chi connectivity index (χ4n) is 1.78. The first-order valence-corrected chi connectivity index (χ1v) is 5.97. The second kappa shape index (κ2) is 4.66. The molecule has 3 rings (SSSR count). The first kappa shape index (κ1) is 11.0. The lowest BCUT2D eigenvalue weighted by Gasteiger charge is -2.04. The molecule has 90 valence electrons. The summed E-state index contributed by atoms with van der Waals surface area (Å²) in [6.45, 7) is 0.620. The topological polar surface area (TPSA) is 53.6 Å². The molecule has 0 aliphatic heterocycles. The minimum atomic E-state index is 0.620. The van der Waals surface area contributed by atoms with Crippen LogP contribution in [0.15, 0.2) is 42.7 Å². The van der Waals surface area contributed by atoms with E-state index in [9.17, 15) is 0 Å². The average Bonchev–Trinajstić information content (AvgIpc) is 2.79. The van der Waals surface area contributed by atoms with Gasteiger partial charge in [0.15, 0.2) is 0 Å². The molecule has 0 amide bonds. The molecule has 0 saturated carbocycles. The van der Waals surface area contributed by atoms with Crippen molar-refractivity contribution < 1.29 is 0 Å². The van der Waals surface area contributed by atoms with Crippen LogP contribution in [0.1, 0.15) is 5.82 Å². The smallest absolute Gasteiger partial charge is 0.126 e. The maximum atomic E-state index is 5.92. The van der Waals surface area contributed by atoms with Crippen molar-refractivity contribution in [1.82, 2.24) is 15.0 Å². The molecule has 0 saturated heterocycles. The quantitative estimate of drug-likeness (QED) is 0.758. The van der Waals surface area contributed by atoms with Gasteiger partial charge in [0.05, 0.1) is 23.8 Å². The summed E-state index contributed by atoms with van der Waals surface area (Å²) in [5.41, 5.74) is 2.84. The molecule has 0 aliphatic carbocycles. The van der Waals surface area contributed by atoms with Gasteiger partial charge in [-0.3, -0.25) is 4.98 Å². The highest BCUT2D eigenvalue weighted by Gasteiger charge is 2.02. The van der Waals surface area contributed by atoms with Crippen LogP contribution in [0.25, 0.3) is 11.0 Å². The average molecular weight is 259 g/mol. The number of anilines is 1. The SMILES string of the molecule is Clc1cccc(NCc2nc3ccncc3[nH]2)c1. The zero-order valence-electron chi connectivity index (χ0n) is 9.52. The molecular formula is C13H11ClN4. The Morgan fingerprint density at radius 1 is 1.28 bits per heavy atom. The number of aromatic nitrogens is 3. The van der Waals surface area contributed by atoms with Crippen molar-refractivity contribution in [3.63, 3.8) is 0 Å². The summed E-state index contributed by atoms with van der Waals surface area (Å²) >= 11 is 5.92. The first-order chi connectivity index (χ1) is 8.81. The van der Waals surface area contributed by atoms with Crippen LogP contribution in [0.2, 0.25) is 5.02 Å². The van der Waals surface area contributed by atoms with E-state index in [1.807, 2.05) is 30.3 Å². The third-order valence-corrected chi connectivity index (χ3v) is 2.85. The number of halogens is 1. The van der Waals surface area contributed by atoms with Crippen LogP contribution in [-0.4, -0.2) is 15.0 Å². The molecule has 0 fully saturated rings. The van der Waals surface area contributed by atoms with Crippen LogP contribution in [0.3, 0.4) is 0 Å². The molecule has 2 aromatic heterocycles. The van der Waals surface area contributed by atoms with Crippen LogP contribution in [0.4, 0.5) is 5.69 Å². The third kappa shape index (κ3) is 2.28. The molecule has 4 nitrogen and oxygen atoms in total. The van der Waals surface area contributed by atoms with Gasteiger partial charge in [-0.05, 0) is 24.3 Å². The predicted octanol–water partition coefficient (Wildman–Crippen LogP) is 3.22.